The Morgan fingerprint density at radius 1 is 1.15 bits per heavy atom. The first-order valence-electron chi connectivity index (χ1n) is 9.17. The minimum absolute atomic E-state index is 0.211. The molecule has 1 heterocycles. The fraction of sp³-hybridized carbons (Fsp3) is 0.381. The molecule has 2 aromatic rings. The number of carbonyl (C=O) groups is 1. The van der Waals surface area contributed by atoms with Crippen molar-refractivity contribution < 1.29 is 14.6 Å². The molecule has 144 valence electrons. The summed E-state index contributed by atoms with van der Waals surface area (Å²) < 4.78 is 5.54. The highest BCUT2D eigenvalue weighted by atomic mass is 35.5. The van der Waals surface area contributed by atoms with Crippen LogP contribution in [-0.4, -0.2) is 35.2 Å². The third-order valence-electron chi connectivity index (χ3n) is 4.93. The van der Waals surface area contributed by atoms with Gasteiger partial charge in [0.15, 0.2) is 0 Å². The number of aliphatic carboxylic acids is 1. The molecule has 0 radical (unpaired) electrons. The van der Waals surface area contributed by atoms with Crippen molar-refractivity contribution in [3.05, 3.63) is 63.6 Å². The molecule has 1 saturated heterocycles. The van der Waals surface area contributed by atoms with Crippen LogP contribution in [0.2, 0.25) is 10.0 Å². The van der Waals surface area contributed by atoms with Gasteiger partial charge in [-0.3, -0.25) is 9.69 Å². The lowest BCUT2D eigenvalue weighted by Crippen LogP contribution is -2.46. The molecule has 6 heteroatoms. The van der Waals surface area contributed by atoms with E-state index in [1.165, 1.54) is 0 Å². The number of hydrogen-bond acceptors (Lipinski definition) is 3. The molecule has 0 aliphatic carbocycles. The maximum Gasteiger partial charge on any atom is 0.320 e. The highest BCUT2D eigenvalue weighted by Gasteiger charge is 2.35. The topological polar surface area (TPSA) is 49.8 Å². The number of rotatable bonds is 6. The number of carboxylic acid groups (broad SMARTS) is 1. The Hall–Kier alpha value is -1.75. The summed E-state index contributed by atoms with van der Waals surface area (Å²) in [5.41, 5.74) is 1.94. The lowest BCUT2D eigenvalue weighted by atomic mass is 9.91. The molecule has 1 aliphatic rings. The van der Waals surface area contributed by atoms with E-state index in [0.29, 0.717) is 23.1 Å². The van der Waals surface area contributed by atoms with Crippen LogP contribution in [0.25, 0.3) is 0 Å². The number of ether oxygens (including phenoxy) is 1. The number of halogens is 2. The van der Waals surface area contributed by atoms with E-state index in [-0.39, 0.29) is 6.04 Å². The van der Waals surface area contributed by atoms with E-state index in [9.17, 15) is 9.90 Å². The summed E-state index contributed by atoms with van der Waals surface area (Å²) in [4.78, 5) is 13.9. The monoisotopic (exact) mass is 407 g/mol. The molecule has 1 aliphatic heterocycles. The van der Waals surface area contributed by atoms with Gasteiger partial charge in [0.05, 0.1) is 22.7 Å². The Balaban J connectivity index is 2.04. The second kappa shape index (κ2) is 8.96. The number of likely N-dealkylation sites (tertiary alicyclic amines) is 1. The second-order valence-electron chi connectivity index (χ2n) is 6.67. The number of hydrogen-bond donors (Lipinski definition) is 1. The van der Waals surface area contributed by atoms with E-state index >= 15 is 0 Å². The zero-order valence-corrected chi connectivity index (χ0v) is 16.7. The highest BCUT2D eigenvalue weighted by Crippen LogP contribution is 2.37. The maximum atomic E-state index is 11.9. The van der Waals surface area contributed by atoms with E-state index in [4.69, 9.17) is 27.9 Å². The summed E-state index contributed by atoms with van der Waals surface area (Å²) in [6, 6.07) is 12.6. The minimum atomic E-state index is -0.786. The van der Waals surface area contributed by atoms with E-state index in [1.807, 2.05) is 43.3 Å². The maximum absolute atomic E-state index is 11.9. The van der Waals surface area contributed by atoms with Gasteiger partial charge in [0, 0.05) is 0 Å². The Kier molecular flexibility index (Phi) is 6.64. The van der Waals surface area contributed by atoms with Crippen molar-refractivity contribution in [1.82, 2.24) is 4.90 Å². The van der Waals surface area contributed by atoms with Crippen molar-refractivity contribution in [3.8, 4) is 5.75 Å². The average molecular weight is 408 g/mol. The number of carboxylic acids is 1. The molecule has 2 unspecified atom stereocenters. The van der Waals surface area contributed by atoms with E-state index < -0.39 is 12.0 Å². The quantitative estimate of drug-likeness (QED) is 0.694. The Morgan fingerprint density at radius 2 is 1.85 bits per heavy atom. The summed E-state index contributed by atoms with van der Waals surface area (Å²) in [6.07, 6.45) is 2.54. The standard InChI is InChI=1S/C21H23Cl2NO3/c1-2-27-16-9-6-14(7-10-16)20(15-8-11-17(22)18(23)13-15)24-12-4-3-5-19(24)21(25)26/h6-11,13,19-20H,2-5,12H2,1H3,(H,25,26). The first-order chi connectivity index (χ1) is 13.0. The molecule has 0 amide bonds. The van der Waals surface area contributed by atoms with Gasteiger partial charge in [-0.25, -0.2) is 0 Å². The summed E-state index contributed by atoms with van der Waals surface area (Å²) in [7, 11) is 0. The van der Waals surface area contributed by atoms with Crippen LogP contribution in [-0.2, 0) is 4.79 Å². The predicted octanol–water partition coefficient (Wildman–Crippen LogP) is 5.42. The first kappa shape index (κ1) is 20.0. The highest BCUT2D eigenvalue weighted by molar-refractivity contribution is 6.42. The summed E-state index contributed by atoms with van der Waals surface area (Å²) >= 11 is 12.4. The zero-order chi connectivity index (χ0) is 19.4. The Bertz CT molecular complexity index is 795. The fourth-order valence-corrected chi connectivity index (χ4v) is 4.01. The van der Waals surface area contributed by atoms with Crippen LogP contribution < -0.4 is 4.74 Å². The van der Waals surface area contributed by atoms with Gasteiger partial charge in [-0.2, -0.15) is 0 Å². The van der Waals surface area contributed by atoms with Crippen molar-refractivity contribution >= 4 is 29.2 Å². The molecule has 2 atom stereocenters. The lowest BCUT2D eigenvalue weighted by molar-refractivity contribution is -0.145. The van der Waals surface area contributed by atoms with Crippen LogP contribution in [0.4, 0.5) is 0 Å². The van der Waals surface area contributed by atoms with Crippen LogP contribution >= 0.6 is 23.2 Å². The third-order valence-corrected chi connectivity index (χ3v) is 5.67. The number of nitrogens with zero attached hydrogens (tertiary/aromatic N) is 1. The van der Waals surface area contributed by atoms with Crippen LogP contribution in [0, 0.1) is 0 Å². The van der Waals surface area contributed by atoms with E-state index in [1.54, 1.807) is 6.07 Å². The smallest absolute Gasteiger partial charge is 0.320 e. The Labute approximate surface area is 169 Å². The van der Waals surface area contributed by atoms with Gasteiger partial charge in [-0.05, 0) is 61.7 Å². The van der Waals surface area contributed by atoms with E-state index in [0.717, 1.165) is 36.3 Å². The van der Waals surface area contributed by atoms with Gasteiger partial charge in [-0.1, -0.05) is 47.8 Å². The van der Waals surface area contributed by atoms with Crippen molar-refractivity contribution in [2.45, 2.75) is 38.3 Å². The molecule has 0 aromatic heterocycles. The molecular weight excluding hydrogens is 385 g/mol. The average Bonchev–Trinajstić information content (AvgIpc) is 2.67. The number of piperidine rings is 1. The summed E-state index contributed by atoms with van der Waals surface area (Å²) in [5.74, 6) is 0.00765. The Morgan fingerprint density at radius 3 is 2.48 bits per heavy atom. The molecule has 27 heavy (non-hydrogen) atoms. The predicted molar refractivity (Wildman–Crippen MR) is 108 cm³/mol. The van der Waals surface area contributed by atoms with Crippen molar-refractivity contribution in [1.29, 1.82) is 0 Å². The van der Waals surface area contributed by atoms with Crippen LogP contribution in [0.3, 0.4) is 0 Å². The molecule has 0 saturated carbocycles. The largest absolute Gasteiger partial charge is 0.494 e. The SMILES string of the molecule is CCOc1ccc(C(c2ccc(Cl)c(Cl)c2)N2CCCCC2C(=O)O)cc1. The van der Waals surface area contributed by atoms with Crippen molar-refractivity contribution in [2.75, 3.05) is 13.2 Å². The lowest BCUT2D eigenvalue weighted by Gasteiger charge is -2.39. The molecule has 1 fully saturated rings. The molecule has 0 spiro atoms. The van der Waals surface area contributed by atoms with Crippen LogP contribution in [0.1, 0.15) is 43.4 Å². The molecule has 4 nitrogen and oxygen atoms in total. The zero-order valence-electron chi connectivity index (χ0n) is 15.2. The fourth-order valence-electron chi connectivity index (χ4n) is 3.70. The van der Waals surface area contributed by atoms with Gasteiger partial charge in [0.2, 0.25) is 0 Å². The van der Waals surface area contributed by atoms with Crippen LogP contribution in [0.5, 0.6) is 5.75 Å². The molecule has 1 N–H and O–H groups in total. The van der Waals surface area contributed by atoms with Gasteiger partial charge >= 0.3 is 5.97 Å². The number of benzene rings is 2. The van der Waals surface area contributed by atoms with Crippen molar-refractivity contribution in [3.63, 3.8) is 0 Å². The first-order valence-corrected chi connectivity index (χ1v) is 9.93. The molecule has 2 aromatic carbocycles. The van der Waals surface area contributed by atoms with Crippen LogP contribution in [0.15, 0.2) is 42.5 Å². The third kappa shape index (κ3) is 4.57. The molecule has 0 bridgehead atoms. The van der Waals surface area contributed by atoms with E-state index in [2.05, 4.69) is 4.90 Å². The van der Waals surface area contributed by atoms with Gasteiger partial charge in [0.25, 0.3) is 0 Å². The summed E-state index contributed by atoms with van der Waals surface area (Å²) in [6.45, 7) is 3.26. The normalized spacial score (nSPS) is 18.9. The van der Waals surface area contributed by atoms with Gasteiger partial charge in [0.1, 0.15) is 11.8 Å². The molecular formula is C21H23Cl2NO3. The molecule has 3 rings (SSSR count). The van der Waals surface area contributed by atoms with Crippen molar-refractivity contribution in [2.24, 2.45) is 0 Å². The van der Waals surface area contributed by atoms with Gasteiger partial charge in [-0.15, -0.1) is 0 Å². The minimum Gasteiger partial charge on any atom is -0.494 e. The summed E-state index contributed by atoms with van der Waals surface area (Å²) in [5, 5.41) is 10.7. The van der Waals surface area contributed by atoms with Gasteiger partial charge < -0.3 is 9.84 Å². The second-order valence-corrected chi connectivity index (χ2v) is 7.48.